The van der Waals surface area contributed by atoms with Crippen molar-refractivity contribution >= 4 is 6.40 Å². The lowest BCUT2D eigenvalue weighted by molar-refractivity contribution is -0.601. The lowest BCUT2D eigenvalue weighted by atomic mass is 10.1. The fourth-order valence-corrected chi connectivity index (χ4v) is 1.59. The zero-order valence-electron chi connectivity index (χ0n) is 8.73. The van der Waals surface area contributed by atoms with E-state index < -0.39 is 0 Å². The van der Waals surface area contributed by atoms with Crippen molar-refractivity contribution in [2.75, 3.05) is 6.61 Å². The summed E-state index contributed by atoms with van der Waals surface area (Å²) in [6.07, 6.45) is 1.84. The molecule has 0 spiro atoms. The van der Waals surface area contributed by atoms with E-state index in [9.17, 15) is 0 Å². The average molecular weight is 190 g/mol. The van der Waals surface area contributed by atoms with Gasteiger partial charge in [-0.05, 0) is 0 Å². The Hall–Kier alpha value is -1.31. The molecular weight excluding hydrogens is 174 g/mol. The Morgan fingerprint density at radius 1 is 1.29 bits per heavy atom. The quantitative estimate of drug-likeness (QED) is 0.650. The number of hydrogen-bond donors (Lipinski definition) is 0. The van der Waals surface area contributed by atoms with Crippen LogP contribution >= 0.6 is 0 Å². The maximum absolute atomic E-state index is 5.35. The molecule has 0 N–H and O–H groups in total. The second-order valence-electron chi connectivity index (χ2n) is 4.34. The highest BCUT2D eigenvalue weighted by atomic mass is 16.5. The predicted molar refractivity (Wildman–Crippen MR) is 56.5 cm³/mol. The Kier molecular flexibility index (Phi) is 2.28. The Labute approximate surface area is 84.8 Å². The van der Waals surface area contributed by atoms with Gasteiger partial charge in [-0.25, -0.2) is 0 Å². The van der Waals surface area contributed by atoms with E-state index in [-0.39, 0.29) is 5.54 Å². The van der Waals surface area contributed by atoms with Crippen LogP contribution in [0.15, 0.2) is 30.3 Å². The molecule has 0 saturated carbocycles. The molecule has 0 aliphatic carbocycles. The van der Waals surface area contributed by atoms with Gasteiger partial charge < -0.3 is 4.74 Å². The van der Waals surface area contributed by atoms with Gasteiger partial charge in [0.1, 0.15) is 0 Å². The summed E-state index contributed by atoms with van der Waals surface area (Å²) in [5.41, 5.74) is 1.44. The number of benzene rings is 1. The van der Waals surface area contributed by atoms with Crippen LogP contribution in [-0.4, -0.2) is 23.1 Å². The molecule has 0 aromatic heterocycles. The summed E-state index contributed by atoms with van der Waals surface area (Å²) in [6.45, 7) is 6.09. The van der Waals surface area contributed by atoms with E-state index in [0.717, 1.165) is 13.2 Å². The highest BCUT2D eigenvalue weighted by Gasteiger charge is 2.36. The monoisotopic (exact) mass is 190 g/mol. The average Bonchev–Trinajstić information content (AvgIpc) is 2.48. The minimum Gasteiger partial charge on any atom is -0.443 e. The lowest BCUT2D eigenvalue weighted by Gasteiger charge is -2.13. The van der Waals surface area contributed by atoms with Crippen LogP contribution < -0.4 is 0 Å². The first-order valence-corrected chi connectivity index (χ1v) is 4.94. The molecule has 1 aliphatic heterocycles. The van der Waals surface area contributed by atoms with Gasteiger partial charge in [-0.3, -0.25) is 0 Å². The van der Waals surface area contributed by atoms with E-state index in [0.29, 0.717) is 0 Å². The fraction of sp³-hybridized carbons (Fsp3) is 0.417. The molecule has 2 heteroatoms. The molecule has 0 saturated heterocycles. The molecule has 0 atom stereocenters. The highest BCUT2D eigenvalue weighted by Crippen LogP contribution is 2.16. The molecule has 0 bridgehead atoms. The highest BCUT2D eigenvalue weighted by molar-refractivity contribution is 5.41. The summed E-state index contributed by atoms with van der Waals surface area (Å²) in [7, 11) is 0. The third-order valence-corrected chi connectivity index (χ3v) is 2.61. The van der Waals surface area contributed by atoms with Gasteiger partial charge in [0.25, 0.3) is 0 Å². The molecule has 2 rings (SSSR count). The summed E-state index contributed by atoms with van der Waals surface area (Å²) in [5, 5.41) is 0. The minimum atomic E-state index is 0.121. The molecule has 0 radical (unpaired) electrons. The molecular formula is C12H16NO+. The second-order valence-corrected chi connectivity index (χ2v) is 4.34. The van der Waals surface area contributed by atoms with Crippen molar-refractivity contribution in [1.29, 1.82) is 0 Å². The zero-order valence-corrected chi connectivity index (χ0v) is 8.73. The van der Waals surface area contributed by atoms with E-state index in [1.807, 2.05) is 12.5 Å². The normalized spacial score (nSPS) is 18.9. The molecule has 0 amide bonds. The van der Waals surface area contributed by atoms with Gasteiger partial charge in [-0.1, -0.05) is 30.3 Å². The molecule has 1 aliphatic rings. The zero-order chi connectivity index (χ0) is 10.0. The van der Waals surface area contributed by atoms with Crippen LogP contribution in [0.2, 0.25) is 0 Å². The maximum atomic E-state index is 5.35. The fourth-order valence-electron chi connectivity index (χ4n) is 1.59. The summed E-state index contributed by atoms with van der Waals surface area (Å²) >= 11 is 0. The van der Waals surface area contributed by atoms with Crippen LogP contribution in [0.1, 0.15) is 19.4 Å². The van der Waals surface area contributed by atoms with Crippen molar-refractivity contribution in [3.8, 4) is 0 Å². The van der Waals surface area contributed by atoms with E-state index in [4.69, 9.17) is 4.74 Å². The Balaban J connectivity index is 2.13. The largest absolute Gasteiger partial charge is 0.443 e. The third kappa shape index (κ3) is 1.79. The maximum Gasteiger partial charge on any atom is 0.324 e. The molecule has 0 fully saturated rings. The SMILES string of the molecule is CC1(C)COC=[N+]1Cc1ccccc1. The van der Waals surface area contributed by atoms with Crippen molar-refractivity contribution in [3.05, 3.63) is 35.9 Å². The van der Waals surface area contributed by atoms with Crippen molar-refractivity contribution in [2.45, 2.75) is 25.9 Å². The number of rotatable bonds is 2. The molecule has 14 heavy (non-hydrogen) atoms. The van der Waals surface area contributed by atoms with E-state index in [1.165, 1.54) is 5.56 Å². The van der Waals surface area contributed by atoms with E-state index >= 15 is 0 Å². The van der Waals surface area contributed by atoms with Crippen LogP contribution in [0.4, 0.5) is 0 Å². The number of nitrogens with zero attached hydrogens (tertiary/aromatic N) is 1. The van der Waals surface area contributed by atoms with Crippen LogP contribution in [0.5, 0.6) is 0 Å². The first-order valence-electron chi connectivity index (χ1n) is 4.94. The van der Waals surface area contributed by atoms with Crippen molar-refractivity contribution in [2.24, 2.45) is 0 Å². The van der Waals surface area contributed by atoms with Gasteiger partial charge in [0.2, 0.25) is 0 Å². The minimum absolute atomic E-state index is 0.121. The van der Waals surface area contributed by atoms with Crippen LogP contribution in [0.3, 0.4) is 0 Å². The van der Waals surface area contributed by atoms with Gasteiger partial charge in [0.05, 0.1) is 0 Å². The lowest BCUT2D eigenvalue weighted by Crippen LogP contribution is -2.34. The summed E-state index contributed by atoms with van der Waals surface area (Å²) in [6, 6.07) is 10.5. The molecule has 1 aromatic carbocycles. The summed E-state index contributed by atoms with van der Waals surface area (Å²) in [5.74, 6) is 0. The van der Waals surface area contributed by atoms with Crippen LogP contribution in [0, 0.1) is 0 Å². The third-order valence-electron chi connectivity index (χ3n) is 2.61. The predicted octanol–water partition coefficient (Wildman–Crippen LogP) is 2.04. The van der Waals surface area contributed by atoms with Crippen LogP contribution in [-0.2, 0) is 11.3 Å². The van der Waals surface area contributed by atoms with Crippen molar-refractivity contribution in [1.82, 2.24) is 0 Å². The number of hydrogen-bond acceptors (Lipinski definition) is 1. The van der Waals surface area contributed by atoms with E-state index in [2.05, 4.69) is 42.7 Å². The van der Waals surface area contributed by atoms with Gasteiger partial charge in [-0.15, -0.1) is 0 Å². The molecule has 0 unspecified atom stereocenters. The van der Waals surface area contributed by atoms with Crippen LogP contribution in [0.25, 0.3) is 0 Å². The van der Waals surface area contributed by atoms with Crippen molar-refractivity contribution in [3.63, 3.8) is 0 Å². The van der Waals surface area contributed by atoms with Gasteiger partial charge in [0.15, 0.2) is 18.7 Å². The Morgan fingerprint density at radius 2 is 2.00 bits per heavy atom. The molecule has 74 valence electrons. The Morgan fingerprint density at radius 3 is 2.57 bits per heavy atom. The first kappa shape index (κ1) is 9.25. The standard InChI is InChI=1S/C12H16NO/c1-12(2)9-14-10-13(12)8-11-6-4-3-5-7-11/h3-7,10H,8-9H2,1-2H3/q+1. The first-order chi connectivity index (χ1) is 6.68. The summed E-state index contributed by atoms with van der Waals surface area (Å²) < 4.78 is 7.58. The molecule has 2 nitrogen and oxygen atoms in total. The smallest absolute Gasteiger partial charge is 0.324 e. The van der Waals surface area contributed by atoms with E-state index in [1.54, 1.807) is 0 Å². The molecule has 1 aromatic rings. The van der Waals surface area contributed by atoms with Gasteiger partial charge in [0, 0.05) is 19.4 Å². The second kappa shape index (κ2) is 3.45. The van der Waals surface area contributed by atoms with Crippen molar-refractivity contribution < 1.29 is 9.31 Å². The Bertz CT molecular complexity index is 341. The summed E-state index contributed by atoms with van der Waals surface area (Å²) in [4.78, 5) is 0. The topological polar surface area (TPSA) is 12.2 Å². The van der Waals surface area contributed by atoms with Gasteiger partial charge >= 0.3 is 6.40 Å². The molecule has 1 heterocycles. The number of ether oxygens (including phenoxy) is 1. The van der Waals surface area contributed by atoms with Gasteiger partial charge in [-0.2, -0.15) is 4.58 Å².